The fourth-order valence-corrected chi connectivity index (χ4v) is 13.2. The predicted molar refractivity (Wildman–Crippen MR) is 291 cm³/mol. The molecule has 0 aliphatic heterocycles. The maximum atomic E-state index is 2.48. The molecule has 13 rings (SSSR count). The average molecular weight is 890 g/mol. The van der Waals surface area contributed by atoms with E-state index in [1.165, 1.54) is 135 Å². The Kier molecular flexibility index (Phi) is 9.98. The zero-order valence-corrected chi connectivity index (χ0v) is 39.1. The summed E-state index contributed by atoms with van der Waals surface area (Å²) in [6, 6.07) is 84.3. The van der Waals surface area contributed by atoms with Crippen LogP contribution in [0.3, 0.4) is 0 Å². The lowest BCUT2D eigenvalue weighted by Crippen LogP contribution is -2.22. The highest BCUT2D eigenvalue weighted by Crippen LogP contribution is 2.54. The molecule has 2 aliphatic rings. The first kappa shape index (κ1) is 40.7. The van der Waals surface area contributed by atoms with Crippen LogP contribution in [0.25, 0.3) is 75.5 Å². The molecule has 10 aromatic carbocycles. The molecular formula is C66H51NS. The van der Waals surface area contributed by atoms with Gasteiger partial charge in [0, 0.05) is 42.5 Å². The van der Waals surface area contributed by atoms with Crippen molar-refractivity contribution in [3.63, 3.8) is 0 Å². The summed E-state index contributed by atoms with van der Waals surface area (Å²) in [5.74, 6) is 0.584. The van der Waals surface area contributed by atoms with Crippen LogP contribution in [-0.2, 0) is 5.41 Å². The first-order valence-electron chi connectivity index (χ1n) is 24.4. The summed E-state index contributed by atoms with van der Waals surface area (Å²) in [6.07, 6.45) is 6.48. The number of nitrogens with zero attached hydrogens (tertiary/aromatic N) is 1. The molecular weight excluding hydrogens is 839 g/mol. The third-order valence-corrected chi connectivity index (χ3v) is 16.5. The summed E-state index contributed by atoms with van der Waals surface area (Å²) in [6.45, 7) is 2.40. The van der Waals surface area contributed by atoms with Crippen molar-refractivity contribution < 1.29 is 0 Å². The number of benzene rings is 10. The van der Waals surface area contributed by atoms with Crippen LogP contribution in [0, 0.1) is 0 Å². The number of anilines is 3. The number of rotatable bonds is 8. The van der Waals surface area contributed by atoms with Gasteiger partial charge in [0.15, 0.2) is 0 Å². The van der Waals surface area contributed by atoms with Gasteiger partial charge in [-0.1, -0.05) is 195 Å². The van der Waals surface area contributed by atoms with Gasteiger partial charge in [-0.25, -0.2) is 0 Å². The minimum atomic E-state index is -0.254. The smallest absolute Gasteiger partial charge is 0.0540 e. The Bertz CT molecular complexity index is 3660. The van der Waals surface area contributed by atoms with Crippen LogP contribution in [0.5, 0.6) is 0 Å². The van der Waals surface area contributed by atoms with Gasteiger partial charge in [0.1, 0.15) is 0 Å². The van der Waals surface area contributed by atoms with E-state index < -0.39 is 0 Å². The minimum Gasteiger partial charge on any atom is -0.310 e. The molecule has 1 atom stereocenters. The molecule has 0 radical (unpaired) electrons. The summed E-state index contributed by atoms with van der Waals surface area (Å²) < 4.78 is 2.65. The first-order chi connectivity index (χ1) is 33.6. The van der Waals surface area contributed by atoms with Crippen molar-refractivity contribution in [2.45, 2.75) is 50.4 Å². The van der Waals surface area contributed by atoms with E-state index in [2.05, 4.69) is 236 Å². The van der Waals surface area contributed by atoms with Crippen LogP contribution in [0.2, 0.25) is 0 Å². The van der Waals surface area contributed by atoms with Crippen molar-refractivity contribution in [1.29, 1.82) is 0 Å². The Labute approximate surface area is 403 Å². The number of para-hydroxylation sites is 1. The Hall–Kier alpha value is -7.52. The molecule has 2 heteroatoms. The van der Waals surface area contributed by atoms with Gasteiger partial charge in [-0.3, -0.25) is 0 Å². The van der Waals surface area contributed by atoms with Gasteiger partial charge < -0.3 is 4.90 Å². The van der Waals surface area contributed by atoms with Crippen LogP contribution < -0.4 is 4.90 Å². The average Bonchev–Trinajstić information content (AvgIpc) is 3.92. The van der Waals surface area contributed by atoms with Crippen LogP contribution >= 0.6 is 11.3 Å². The number of hydrogen-bond acceptors (Lipinski definition) is 2. The summed E-state index contributed by atoms with van der Waals surface area (Å²) in [5, 5.41) is 5.37. The molecule has 68 heavy (non-hydrogen) atoms. The lowest BCUT2D eigenvalue weighted by atomic mass is 9.74. The fourth-order valence-electron chi connectivity index (χ4n) is 12.0. The first-order valence-corrected chi connectivity index (χ1v) is 25.3. The van der Waals surface area contributed by atoms with Crippen LogP contribution in [-0.4, -0.2) is 0 Å². The molecule has 0 saturated heterocycles. The standard InChI is InChI=1S/C66H51NS/c1-66(49-21-6-3-7-22-49)59-29-11-8-23-54(59)55-42-37-48(43-60(55)66)44-33-38-50(39-34-44)67(51-40-35-46(36-41-51)53-27-16-32-63-65(53)58-25-10-13-31-62(58)68-63)61-30-12-9-24-56(61)57-28-15-20-47-19-14-26-52(64(47)57)45-17-4-2-5-18-45/h3,6-16,19-43,45H,2,4-5,17-18H2,1H3. The number of thiophene rings is 1. The molecule has 1 fully saturated rings. The van der Waals surface area contributed by atoms with E-state index >= 15 is 0 Å². The van der Waals surface area contributed by atoms with Gasteiger partial charge >= 0.3 is 0 Å². The lowest BCUT2D eigenvalue weighted by Gasteiger charge is -2.29. The monoisotopic (exact) mass is 889 g/mol. The SMILES string of the molecule is CC1(c2ccccc2)c2ccccc2-c2ccc(-c3ccc(N(c4ccc(-c5cccc6sc7ccccc7c56)cc4)c4ccccc4-c4cccc5cccc(C6CCCCC6)c45)cc3)cc21. The van der Waals surface area contributed by atoms with Gasteiger partial charge in [0.25, 0.3) is 0 Å². The maximum absolute atomic E-state index is 2.48. The highest BCUT2D eigenvalue weighted by Gasteiger charge is 2.40. The van der Waals surface area contributed by atoms with Crippen molar-refractivity contribution in [2.75, 3.05) is 4.90 Å². The van der Waals surface area contributed by atoms with Crippen molar-refractivity contribution in [2.24, 2.45) is 0 Å². The molecule has 1 heterocycles. The minimum absolute atomic E-state index is 0.254. The van der Waals surface area contributed by atoms with Crippen LogP contribution in [0.1, 0.15) is 67.2 Å². The van der Waals surface area contributed by atoms with E-state index in [-0.39, 0.29) is 5.41 Å². The molecule has 11 aromatic rings. The lowest BCUT2D eigenvalue weighted by molar-refractivity contribution is 0.445. The van der Waals surface area contributed by atoms with Crippen LogP contribution in [0.4, 0.5) is 17.1 Å². The quantitative estimate of drug-likeness (QED) is 0.147. The maximum Gasteiger partial charge on any atom is 0.0540 e. The molecule has 1 unspecified atom stereocenters. The molecule has 1 nitrogen and oxygen atoms in total. The summed E-state index contributed by atoms with van der Waals surface area (Å²) in [7, 11) is 0. The van der Waals surface area contributed by atoms with Gasteiger partial charge in [-0.15, -0.1) is 11.3 Å². The van der Waals surface area contributed by atoms with E-state index in [1.54, 1.807) is 0 Å². The molecule has 0 amide bonds. The molecule has 0 bridgehead atoms. The van der Waals surface area contributed by atoms with Gasteiger partial charge in [0.05, 0.1) is 5.69 Å². The summed E-state index contributed by atoms with van der Waals surface area (Å²) in [5.41, 5.74) is 18.8. The van der Waals surface area contributed by atoms with Crippen molar-refractivity contribution in [3.05, 3.63) is 247 Å². The molecule has 1 saturated carbocycles. The highest BCUT2D eigenvalue weighted by molar-refractivity contribution is 7.25. The van der Waals surface area contributed by atoms with Gasteiger partial charge in [0.2, 0.25) is 0 Å². The zero-order chi connectivity index (χ0) is 45.2. The van der Waals surface area contributed by atoms with E-state index in [1.807, 2.05) is 11.3 Å². The Morgan fingerprint density at radius 1 is 0.426 bits per heavy atom. The second kappa shape index (κ2) is 16.7. The van der Waals surface area contributed by atoms with Crippen molar-refractivity contribution >= 4 is 59.3 Å². The zero-order valence-electron chi connectivity index (χ0n) is 38.3. The van der Waals surface area contributed by atoms with Crippen LogP contribution in [0.15, 0.2) is 224 Å². The topological polar surface area (TPSA) is 3.24 Å². The third kappa shape index (κ3) is 6.65. The van der Waals surface area contributed by atoms with Crippen molar-refractivity contribution in [3.8, 4) is 44.5 Å². The molecule has 1 aromatic heterocycles. The summed E-state index contributed by atoms with van der Waals surface area (Å²) in [4.78, 5) is 2.48. The fraction of sp³-hybridized carbons (Fsp3) is 0.121. The Balaban J connectivity index is 0.951. The summed E-state index contributed by atoms with van der Waals surface area (Å²) >= 11 is 1.88. The van der Waals surface area contributed by atoms with Gasteiger partial charge in [-0.2, -0.15) is 0 Å². The number of fused-ring (bicyclic) bond motifs is 7. The number of hydrogen-bond donors (Lipinski definition) is 0. The highest BCUT2D eigenvalue weighted by atomic mass is 32.1. The predicted octanol–water partition coefficient (Wildman–Crippen LogP) is 19.1. The molecule has 0 N–H and O–H groups in total. The Morgan fingerprint density at radius 2 is 1.03 bits per heavy atom. The van der Waals surface area contributed by atoms with E-state index in [0.717, 1.165) is 11.4 Å². The normalized spacial score (nSPS) is 15.7. The van der Waals surface area contributed by atoms with E-state index in [9.17, 15) is 0 Å². The third-order valence-electron chi connectivity index (χ3n) is 15.4. The molecule has 326 valence electrons. The second-order valence-corrected chi connectivity index (χ2v) is 20.2. The van der Waals surface area contributed by atoms with Crippen molar-refractivity contribution in [1.82, 2.24) is 0 Å². The molecule has 2 aliphatic carbocycles. The largest absolute Gasteiger partial charge is 0.310 e. The van der Waals surface area contributed by atoms with E-state index in [4.69, 9.17) is 0 Å². The second-order valence-electron chi connectivity index (χ2n) is 19.1. The Morgan fingerprint density at radius 3 is 1.84 bits per heavy atom. The van der Waals surface area contributed by atoms with Gasteiger partial charge in [-0.05, 0) is 146 Å². The van der Waals surface area contributed by atoms with E-state index in [0.29, 0.717) is 5.92 Å². The molecule has 0 spiro atoms.